The average molecular weight is 282 g/mol. The first-order valence-electron chi connectivity index (χ1n) is 6.55. The molecule has 0 atom stereocenters. The molecular formula is C13H18N2O3S. The van der Waals surface area contributed by atoms with Crippen molar-refractivity contribution in [3.8, 4) is 0 Å². The number of thiazole rings is 1. The van der Waals surface area contributed by atoms with E-state index in [0.29, 0.717) is 10.7 Å². The summed E-state index contributed by atoms with van der Waals surface area (Å²) in [6.07, 6.45) is 4.71. The largest absolute Gasteiger partial charge is 0.477 e. The van der Waals surface area contributed by atoms with E-state index < -0.39 is 5.97 Å². The molecule has 5 nitrogen and oxygen atoms in total. The second-order valence-electron chi connectivity index (χ2n) is 4.80. The zero-order valence-corrected chi connectivity index (χ0v) is 11.8. The molecular weight excluding hydrogens is 264 g/mol. The van der Waals surface area contributed by atoms with Crippen LogP contribution in [0, 0.1) is 6.92 Å². The molecule has 0 spiro atoms. The normalized spacial score (nSPS) is 16.2. The van der Waals surface area contributed by atoms with Gasteiger partial charge in [0.15, 0.2) is 0 Å². The highest BCUT2D eigenvalue weighted by Crippen LogP contribution is 2.19. The minimum Gasteiger partial charge on any atom is -0.477 e. The van der Waals surface area contributed by atoms with Crippen molar-refractivity contribution in [2.45, 2.75) is 39.0 Å². The maximum atomic E-state index is 12.2. The van der Waals surface area contributed by atoms with Gasteiger partial charge < -0.3 is 10.0 Å². The number of hydrogen-bond donors (Lipinski definition) is 1. The second-order valence-corrected chi connectivity index (χ2v) is 5.88. The fourth-order valence-corrected chi connectivity index (χ4v) is 3.18. The molecule has 104 valence electrons. The maximum absolute atomic E-state index is 12.2. The summed E-state index contributed by atoms with van der Waals surface area (Å²) in [4.78, 5) is 29.4. The van der Waals surface area contributed by atoms with Gasteiger partial charge in [0.25, 0.3) is 0 Å². The van der Waals surface area contributed by atoms with Gasteiger partial charge >= 0.3 is 5.97 Å². The third-order valence-electron chi connectivity index (χ3n) is 3.30. The van der Waals surface area contributed by atoms with E-state index in [1.165, 1.54) is 12.8 Å². The summed E-state index contributed by atoms with van der Waals surface area (Å²) in [5.74, 6) is -0.906. The molecule has 0 aliphatic carbocycles. The standard InChI is InChI=1S/C13H18N2O3S/c1-9-12(13(17)18)19-10(14-9)8-11(16)15-6-4-2-3-5-7-15/h2-8H2,1H3,(H,17,18). The van der Waals surface area contributed by atoms with Crippen LogP contribution in [0.15, 0.2) is 0 Å². The zero-order valence-electron chi connectivity index (χ0n) is 11.0. The first-order valence-corrected chi connectivity index (χ1v) is 7.37. The highest BCUT2D eigenvalue weighted by Gasteiger charge is 2.20. The summed E-state index contributed by atoms with van der Waals surface area (Å²) in [7, 11) is 0. The van der Waals surface area contributed by atoms with Gasteiger partial charge in [-0.2, -0.15) is 0 Å². The Morgan fingerprint density at radius 3 is 2.42 bits per heavy atom. The van der Waals surface area contributed by atoms with Crippen LogP contribution in [0.2, 0.25) is 0 Å². The van der Waals surface area contributed by atoms with E-state index in [0.717, 1.165) is 37.3 Å². The molecule has 1 aliphatic heterocycles. The number of carbonyl (C=O) groups is 2. The van der Waals surface area contributed by atoms with E-state index in [-0.39, 0.29) is 17.2 Å². The molecule has 0 aromatic carbocycles. The van der Waals surface area contributed by atoms with Gasteiger partial charge in [-0.1, -0.05) is 12.8 Å². The first-order chi connectivity index (χ1) is 9.08. The number of aromatic carboxylic acids is 1. The fourth-order valence-electron chi connectivity index (χ4n) is 2.29. The van der Waals surface area contributed by atoms with Crippen molar-refractivity contribution < 1.29 is 14.7 Å². The third-order valence-corrected chi connectivity index (χ3v) is 4.44. The van der Waals surface area contributed by atoms with Crippen LogP contribution in [0.5, 0.6) is 0 Å². The number of likely N-dealkylation sites (tertiary alicyclic amines) is 1. The molecule has 1 amide bonds. The quantitative estimate of drug-likeness (QED) is 0.921. The maximum Gasteiger partial charge on any atom is 0.347 e. The lowest BCUT2D eigenvalue weighted by atomic mass is 10.2. The first kappa shape index (κ1) is 14.0. The Balaban J connectivity index is 2.01. The van der Waals surface area contributed by atoms with Gasteiger partial charge in [0.2, 0.25) is 5.91 Å². The Hall–Kier alpha value is -1.43. The van der Waals surface area contributed by atoms with Crippen LogP contribution in [0.1, 0.15) is 46.1 Å². The van der Waals surface area contributed by atoms with Crippen LogP contribution in [0.3, 0.4) is 0 Å². The molecule has 1 aromatic heterocycles. The molecule has 6 heteroatoms. The minimum atomic E-state index is -0.969. The molecule has 0 bridgehead atoms. The highest BCUT2D eigenvalue weighted by atomic mass is 32.1. The van der Waals surface area contributed by atoms with Crippen LogP contribution in [0.25, 0.3) is 0 Å². The van der Waals surface area contributed by atoms with Gasteiger partial charge in [0, 0.05) is 13.1 Å². The molecule has 1 N–H and O–H groups in total. The number of carboxylic acid groups (broad SMARTS) is 1. The van der Waals surface area contributed by atoms with Crippen molar-refractivity contribution in [2.75, 3.05) is 13.1 Å². The van der Waals surface area contributed by atoms with Crippen molar-refractivity contribution >= 4 is 23.2 Å². The molecule has 1 aromatic rings. The smallest absolute Gasteiger partial charge is 0.347 e. The predicted octanol–water partition coefficient (Wildman–Crippen LogP) is 2.09. The Kier molecular flexibility index (Phi) is 4.52. The van der Waals surface area contributed by atoms with E-state index >= 15 is 0 Å². The molecule has 1 aliphatic rings. The van der Waals surface area contributed by atoms with Crippen LogP contribution in [0.4, 0.5) is 0 Å². The highest BCUT2D eigenvalue weighted by molar-refractivity contribution is 7.13. The van der Waals surface area contributed by atoms with E-state index in [4.69, 9.17) is 5.11 Å². The van der Waals surface area contributed by atoms with E-state index in [1.807, 2.05) is 4.90 Å². The molecule has 19 heavy (non-hydrogen) atoms. The summed E-state index contributed by atoms with van der Waals surface area (Å²) in [5.41, 5.74) is 0.496. The Morgan fingerprint density at radius 1 is 1.26 bits per heavy atom. The molecule has 1 fully saturated rings. The van der Waals surface area contributed by atoms with Crippen molar-refractivity contribution in [1.82, 2.24) is 9.88 Å². The van der Waals surface area contributed by atoms with Crippen LogP contribution >= 0.6 is 11.3 Å². The fraction of sp³-hybridized carbons (Fsp3) is 0.615. The van der Waals surface area contributed by atoms with Gasteiger partial charge in [-0.25, -0.2) is 9.78 Å². The second kappa shape index (κ2) is 6.14. The number of carboxylic acids is 1. The van der Waals surface area contributed by atoms with Gasteiger partial charge in [0.1, 0.15) is 9.88 Å². The number of carbonyl (C=O) groups excluding carboxylic acids is 1. The lowest BCUT2D eigenvalue weighted by Crippen LogP contribution is -2.33. The van der Waals surface area contributed by atoms with Crippen molar-refractivity contribution in [1.29, 1.82) is 0 Å². The topological polar surface area (TPSA) is 70.5 Å². The zero-order chi connectivity index (χ0) is 13.8. The van der Waals surface area contributed by atoms with Crippen LogP contribution in [-0.2, 0) is 11.2 Å². The van der Waals surface area contributed by atoms with Gasteiger partial charge in [-0.15, -0.1) is 11.3 Å². The summed E-state index contributed by atoms with van der Waals surface area (Å²) in [6.45, 7) is 3.30. The predicted molar refractivity (Wildman–Crippen MR) is 72.6 cm³/mol. The van der Waals surface area contributed by atoms with Gasteiger partial charge in [0.05, 0.1) is 12.1 Å². The molecule has 1 saturated heterocycles. The molecule has 0 saturated carbocycles. The van der Waals surface area contributed by atoms with Crippen molar-refractivity contribution in [3.05, 3.63) is 15.6 Å². The average Bonchev–Trinajstić information content (AvgIpc) is 2.58. The van der Waals surface area contributed by atoms with E-state index in [2.05, 4.69) is 4.98 Å². The summed E-state index contributed by atoms with van der Waals surface area (Å²) >= 11 is 1.11. The molecule has 2 rings (SSSR count). The Morgan fingerprint density at radius 2 is 1.89 bits per heavy atom. The summed E-state index contributed by atoms with van der Waals surface area (Å²) in [6, 6.07) is 0. The Labute approximate surface area is 116 Å². The van der Waals surface area contributed by atoms with Crippen molar-refractivity contribution in [2.24, 2.45) is 0 Å². The summed E-state index contributed by atoms with van der Waals surface area (Å²) in [5, 5.41) is 9.58. The lowest BCUT2D eigenvalue weighted by molar-refractivity contribution is -0.130. The lowest BCUT2D eigenvalue weighted by Gasteiger charge is -2.19. The van der Waals surface area contributed by atoms with Crippen LogP contribution < -0.4 is 0 Å². The van der Waals surface area contributed by atoms with Crippen molar-refractivity contribution in [3.63, 3.8) is 0 Å². The molecule has 0 unspecified atom stereocenters. The molecule has 2 heterocycles. The van der Waals surface area contributed by atoms with Crippen LogP contribution in [-0.4, -0.2) is 40.0 Å². The van der Waals surface area contributed by atoms with E-state index in [9.17, 15) is 9.59 Å². The van der Waals surface area contributed by atoms with Gasteiger partial charge in [-0.05, 0) is 19.8 Å². The summed E-state index contributed by atoms with van der Waals surface area (Å²) < 4.78 is 0. The number of nitrogens with zero attached hydrogens (tertiary/aromatic N) is 2. The number of rotatable bonds is 3. The minimum absolute atomic E-state index is 0.0626. The Bertz CT molecular complexity index is 476. The number of amides is 1. The third kappa shape index (κ3) is 3.53. The SMILES string of the molecule is Cc1nc(CC(=O)N2CCCCCC2)sc1C(=O)O. The van der Waals surface area contributed by atoms with E-state index in [1.54, 1.807) is 6.92 Å². The monoisotopic (exact) mass is 282 g/mol. The number of hydrogen-bond acceptors (Lipinski definition) is 4. The van der Waals surface area contributed by atoms with Gasteiger partial charge in [-0.3, -0.25) is 4.79 Å². The number of aromatic nitrogens is 1. The molecule has 0 radical (unpaired) electrons. The number of aryl methyl sites for hydroxylation is 1.